The van der Waals surface area contributed by atoms with Gasteiger partial charge in [0.25, 0.3) is 5.91 Å². The van der Waals surface area contributed by atoms with E-state index in [1.165, 1.54) is 43.3 Å². The van der Waals surface area contributed by atoms with Gasteiger partial charge in [-0.1, -0.05) is 37.0 Å². The van der Waals surface area contributed by atoms with Crippen molar-refractivity contribution in [3.8, 4) is 0 Å². The topological polar surface area (TPSA) is 91.6 Å². The van der Waals surface area contributed by atoms with E-state index in [0.29, 0.717) is 43.0 Å². The van der Waals surface area contributed by atoms with Gasteiger partial charge < -0.3 is 14.2 Å². The highest BCUT2D eigenvalue weighted by molar-refractivity contribution is 7.15. The molecule has 3 amide bonds. The molecular formula is C18H23N5O3S. The largest absolute Gasteiger partial charge is 0.459 e. The summed E-state index contributed by atoms with van der Waals surface area (Å²) >= 11 is 1.46. The van der Waals surface area contributed by atoms with Gasteiger partial charge in [0.05, 0.1) is 6.26 Å². The van der Waals surface area contributed by atoms with Gasteiger partial charge in [0.2, 0.25) is 5.13 Å². The van der Waals surface area contributed by atoms with E-state index in [-0.39, 0.29) is 11.9 Å². The van der Waals surface area contributed by atoms with Gasteiger partial charge in [-0.2, -0.15) is 0 Å². The van der Waals surface area contributed by atoms with Crippen molar-refractivity contribution in [1.82, 2.24) is 20.0 Å². The maximum atomic E-state index is 12.5. The summed E-state index contributed by atoms with van der Waals surface area (Å²) in [6.07, 6.45) is 7.59. The Morgan fingerprint density at radius 2 is 1.89 bits per heavy atom. The molecule has 0 spiro atoms. The van der Waals surface area contributed by atoms with E-state index in [9.17, 15) is 9.59 Å². The molecule has 1 N–H and O–H groups in total. The van der Waals surface area contributed by atoms with Crippen LogP contribution in [0, 0.1) is 5.92 Å². The van der Waals surface area contributed by atoms with E-state index >= 15 is 0 Å². The Bertz CT molecular complexity index is 777. The lowest BCUT2D eigenvalue weighted by molar-refractivity contribution is 0.0640. The molecule has 27 heavy (non-hydrogen) atoms. The van der Waals surface area contributed by atoms with Crippen molar-refractivity contribution in [2.75, 3.05) is 31.5 Å². The fourth-order valence-corrected chi connectivity index (χ4v) is 4.53. The molecule has 1 aliphatic heterocycles. The fraction of sp³-hybridized carbons (Fsp3) is 0.556. The number of carbonyl (C=O) groups is 2. The molecule has 0 atom stereocenters. The third-order valence-corrected chi connectivity index (χ3v) is 6.07. The number of amides is 3. The molecule has 1 saturated heterocycles. The summed E-state index contributed by atoms with van der Waals surface area (Å²) < 4.78 is 5.15. The zero-order chi connectivity index (χ0) is 18.6. The zero-order valence-corrected chi connectivity index (χ0v) is 15.9. The van der Waals surface area contributed by atoms with Crippen LogP contribution in [0.2, 0.25) is 0 Å². The van der Waals surface area contributed by atoms with Crippen molar-refractivity contribution in [2.45, 2.75) is 32.1 Å². The Labute approximate surface area is 161 Å². The number of nitrogens with zero attached hydrogens (tertiary/aromatic N) is 4. The maximum absolute atomic E-state index is 12.5. The third kappa shape index (κ3) is 4.29. The molecular weight excluding hydrogens is 366 g/mol. The standard InChI is InChI=1S/C18H23N5O3S/c24-16(14-6-3-11-26-14)22-7-9-23(10-8-22)18(25)19-17-21-20-15(27-17)12-13-4-1-2-5-13/h3,6,11,13H,1-2,4-5,7-10,12H2,(H,19,21,25). The average Bonchev–Trinajstić information content (AvgIpc) is 3.45. The SMILES string of the molecule is O=C(Nc1nnc(CC2CCCC2)s1)N1CCN(C(=O)c2ccco2)CC1. The van der Waals surface area contributed by atoms with Crippen LogP contribution in [0.3, 0.4) is 0 Å². The number of carbonyl (C=O) groups excluding carboxylic acids is 2. The zero-order valence-electron chi connectivity index (χ0n) is 15.1. The number of hydrogen-bond donors (Lipinski definition) is 1. The monoisotopic (exact) mass is 389 g/mol. The Morgan fingerprint density at radius 1 is 1.15 bits per heavy atom. The number of rotatable bonds is 4. The number of piperazine rings is 1. The molecule has 1 saturated carbocycles. The van der Waals surface area contributed by atoms with Crippen molar-refractivity contribution in [2.24, 2.45) is 5.92 Å². The molecule has 2 aliphatic rings. The molecule has 9 heteroatoms. The molecule has 1 aliphatic carbocycles. The molecule has 3 heterocycles. The van der Waals surface area contributed by atoms with Crippen LogP contribution in [-0.4, -0.2) is 58.1 Å². The van der Waals surface area contributed by atoms with Crippen LogP contribution >= 0.6 is 11.3 Å². The van der Waals surface area contributed by atoms with Crippen LogP contribution in [0.15, 0.2) is 22.8 Å². The van der Waals surface area contributed by atoms with Crippen LogP contribution in [0.5, 0.6) is 0 Å². The van der Waals surface area contributed by atoms with Crippen LogP contribution < -0.4 is 5.32 Å². The Hall–Kier alpha value is -2.42. The van der Waals surface area contributed by atoms with E-state index in [0.717, 1.165) is 11.4 Å². The molecule has 2 aromatic rings. The molecule has 0 bridgehead atoms. The van der Waals surface area contributed by atoms with Gasteiger partial charge in [-0.3, -0.25) is 10.1 Å². The predicted molar refractivity (Wildman–Crippen MR) is 101 cm³/mol. The Balaban J connectivity index is 1.26. The van der Waals surface area contributed by atoms with Gasteiger partial charge in [0.1, 0.15) is 5.01 Å². The summed E-state index contributed by atoms with van der Waals surface area (Å²) in [4.78, 5) is 28.1. The van der Waals surface area contributed by atoms with Crippen molar-refractivity contribution in [3.05, 3.63) is 29.2 Å². The number of nitrogens with one attached hydrogen (secondary N) is 1. The van der Waals surface area contributed by atoms with Gasteiger partial charge in [-0.05, 0) is 18.1 Å². The number of furan rings is 1. The van der Waals surface area contributed by atoms with Crippen molar-refractivity contribution in [1.29, 1.82) is 0 Å². The number of urea groups is 1. The van der Waals surface area contributed by atoms with Crippen LogP contribution in [0.25, 0.3) is 0 Å². The van der Waals surface area contributed by atoms with Crippen LogP contribution in [0.1, 0.15) is 41.2 Å². The second kappa shape index (κ2) is 8.08. The lowest BCUT2D eigenvalue weighted by atomic mass is 10.1. The Kier molecular flexibility index (Phi) is 5.38. The van der Waals surface area contributed by atoms with Crippen LogP contribution in [0.4, 0.5) is 9.93 Å². The molecule has 0 unspecified atom stereocenters. The quantitative estimate of drug-likeness (QED) is 0.868. The minimum atomic E-state index is -0.191. The number of aromatic nitrogens is 2. The predicted octanol–water partition coefficient (Wildman–Crippen LogP) is 2.85. The van der Waals surface area contributed by atoms with Gasteiger partial charge in [0.15, 0.2) is 5.76 Å². The second-order valence-electron chi connectivity index (χ2n) is 7.04. The number of anilines is 1. The maximum Gasteiger partial charge on any atom is 0.323 e. The highest BCUT2D eigenvalue weighted by atomic mass is 32.1. The summed E-state index contributed by atoms with van der Waals surface area (Å²) in [5.74, 6) is 0.901. The highest BCUT2D eigenvalue weighted by Crippen LogP contribution is 2.29. The molecule has 0 aromatic carbocycles. The summed E-state index contributed by atoms with van der Waals surface area (Å²) in [5, 5.41) is 12.7. The highest BCUT2D eigenvalue weighted by Gasteiger charge is 2.26. The van der Waals surface area contributed by atoms with E-state index in [2.05, 4.69) is 15.5 Å². The lowest BCUT2D eigenvalue weighted by Gasteiger charge is -2.34. The first-order chi connectivity index (χ1) is 13.2. The van der Waals surface area contributed by atoms with Crippen molar-refractivity contribution in [3.63, 3.8) is 0 Å². The summed E-state index contributed by atoms with van der Waals surface area (Å²) in [6.45, 7) is 1.92. The minimum absolute atomic E-state index is 0.138. The normalized spacial score (nSPS) is 18.1. The Morgan fingerprint density at radius 3 is 2.59 bits per heavy atom. The summed E-state index contributed by atoms with van der Waals surface area (Å²) in [6, 6.07) is 3.16. The van der Waals surface area contributed by atoms with Gasteiger partial charge >= 0.3 is 6.03 Å². The van der Waals surface area contributed by atoms with E-state index in [1.807, 2.05) is 0 Å². The minimum Gasteiger partial charge on any atom is -0.459 e. The van der Waals surface area contributed by atoms with Gasteiger partial charge in [-0.25, -0.2) is 4.79 Å². The fourth-order valence-electron chi connectivity index (χ4n) is 3.69. The lowest BCUT2D eigenvalue weighted by Crippen LogP contribution is -2.51. The molecule has 2 fully saturated rings. The van der Waals surface area contributed by atoms with E-state index < -0.39 is 0 Å². The van der Waals surface area contributed by atoms with Gasteiger partial charge in [0, 0.05) is 32.6 Å². The molecule has 4 rings (SSSR count). The first kappa shape index (κ1) is 18.0. The van der Waals surface area contributed by atoms with Crippen LogP contribution in [-0.2, 0) is 6.42 Å². The second-order valence-corrected chi connectivity index (χ2v) is 8.10. The first-order valence-corrected chi connectivity index (χ1v) is 10.2. The molecule has 144 valence electrons. The molecule has 8 nitrogen and oxygen atoms in total. The number of hydrogen-bond acceptors (Lipinski definition) is 6. The first-order valence-electron chi connectivity index (χ1n) is 9.40. The van der Waals surface area contributed by atoms with Crippen molar-refractivity contribution >= 4 is 28.4 Å². The van der Waals surface area contributed by atoms with Gasteiger partial charge in [-0.15, -0.1) is 10.2 Å². The third-order valence-electron chi connectivity index (χ3n) is 5.20. The average molecular weight is 389 g/mol. The molecule has 0 radical (unpaired) electrons. The smallest absolute Gasteiger partial charge is 0.323 e. The molecule has 2 aromatic heterocycles. The van der Waals surface area contributed by atoms with E-state index in [4.69, 9.17) is 4.42 Å². The summed E-state index contributed by atoms with van der Waals surface area (Å²) in [5.41, 5.74) is 0. The summed E-state index contributed by atoms with van der Waals surface area (Å²) in [7, 11) is 0. The van der Waals surface area contributed by atoms with E-state index in [1.54, 1.807) is 21.9 Å². The van der Waals surface area contributed by atoms with Crippen molar-refractivity contribution < 1.29 is 14.0 Å².